The Morgan fingerprint density at radius 2 is 2.04 bits per heavy atom. The molecule has 2 aromatic carbocycles. The van der Waals surface area contributed by atoms with Crippen molar-refractivity contribution >= 4 is 5.91 Å². The van der Waals surface area contributed by atoms with Crippen LogP contribution in [0.25, 0.3) is 11.4 Å². The van der Waals surface area contributed by atoms with Crippen molar-refractivity contribution in [3.05, 3.63) is 77.4 Å². The second-order valence-corrected chi connectivity index (χ2v) is 6.02. The van der Waals surface area contributed by atoms with E-state index in [2.05, 4.69) is 10.1 Å². The van der Waals surface area contributed by atoms with Crippen LogP contribution in [0.1, 0.15) is 16.2 Å². The zero-order valence-electron chi connectivity index (χ0n) is 14.1. The van der Waals surface area contributed by atoms with Crippen molar-refractivity contribution in [1.29, 1.82) is 5.26 Å². The maximum Gasteiger partial charge on any atom is 0.272 e. The Labute approximate surface area is 154 Å². The molecule has 1 aliphatic heterocycles. The molecule has 0 atom stereocenters. The van der Waals surface area contributed by atoms with E-state index in [4.69, 9.17) is 10.00 Å². The fourth-order valence-electron chi connectivity index (χ4n) is 2.81. The summed E-state index contributed by atoms with van der Waals surface area (Å²) in [5.41, 5.74) is 1.70. The van der Waals surface area contributed by atoms with Gasteiger partial charge in [-0.1, -0.05) is 30.3 Å². The number of hydrogen-bond acceptors (Lipinski definition) is 5. The fourth-order valence-corrected chi connectivity index (χ4v) is 2.81. The lowest BCUT2D eigenvalue weighted by molar-refractivity contribution is 0.0943. The number of aromatic nitrogens is 3. The summed E-state index contributed by atoms with van der Waals surface area (Å²) in [5.74, 6) is 0.388. The molecular weight excluding hydrogens is 347 g/mol. The molecule has 0 fully saturated rings. The van der Waals surface area contributed by atoms with Gasteiger partial charge in [0.2, 0.25) is 0 Å². The van der Waals surface area contributed by atoms with Crippen molar-refractivity contribution in [2.45, 2.75) is 6.42 Å². The Morgan fingerprint density at radius 1 is 1.22 bits per heavy atom. The molecule has 1 aromatic heterocycles. The summed E-state index contributed by atoms with van der Waals surface area (Å²) in [6, 6.07) is 15.0. The van der Waals surface area contributed by atoms with Gasteiger partial charge < -0.3 is 4.74 Å². The molecule has 0 N–H and O–H groups in total. The molecule has 132 valence electrons. The molecule has 6 nitrogen and oxygen atoms in total. The van der Waals surface area contributed by atoms with E-state index in [1.54, 1.807) is 0 Å². The maximum absolute atomic E-state index is 13.5. The number of rotatable bonds is 4. The van der Waals surface area contributed by atoms with Crippen LogP contribution in [0.4, 0.5) is 4.39 Å². The first-order valence-corrected chi connectivity index (χ1v) is 8.21. The molecule has 7 heteroatoms. The Kier molecular flexibility index (Phi) is 4.22. The van der Waals surface area contributed by atoms with E-state index in [0.717, 1.165) is 11.6 Å². The van der Waals surface area contributed by atoms with Gasteiger partial charge in [-0.2, -0.15) is 9.94 Å². The largest absolute Gasteiger partial charge is 0.489 e. The minimum atomic E-state index is -0.551. The molecule has 0 spiro atoms. The van der Waals surface area contributed by atoms with Gasteiger partial charge in [0.05, 0.1) is 11.6 Å². The van der Waals surface area contributed by atoms with Crippen molar-refractivity contribution in [2.75, 3.05) is 6.61 Å². The van der Waals surface area contributed by atoms with Gasteiger partial charge in [0.15, 0.2) is 5.82 Å². The monoisotopic (exact) mass is 360 g/mol. The molecule has 3 aromatic rings. The van der Waals surface area contributed by atoms with Gasteiger partial charge >= 0.3 is 0 Å². The van der Waals surface area contributed by atoms with Gasteiger partial charge in [-0.25, -0.2) is 9.37 Å². The zero-order valence-corrected chi connectivity index (χ0v) is 14.1. The topological polar surface area (TPSA) is 80.8 Å². The predicted octanol–water partition coefficient (Wildman–Crippen LogP) is 3.16. The third kappa shape index (κ3) is 3.46. The number of ether oxygens (including phenoxy) is 1. The first kappa shape index (κ1) is 16.7. The van der Waals surface area contributed by atoms with E-state index < -0.39 is 5.82 Å². The second-order valence-electron chi connectivity index (χ2n) is 6.02. The predicted molar refractivity (Wildman–Crippen MR) is 94.5 cm³/mol. The van der Waals surface area contributed by atoms with Crippen LogP contribution in [0.2, 0.25) is 0 Å². The maximum atomic E-state index is 13.5. The quantitative estimate of drug-likeness (QED) is 0.714. The van der Waals surface area contributed by atoms with Crippen molar-refractivity contribution in [2.24, 2.45) is 0 Å². The van der Waals surface area contributed by atoms with Crippen molar-refractivity contribution < 1.29 is 13.9 Å². The first-order chi connectivity index (χ1) is 13.1. The molecule has 0 unspecified atom stereocenters. The first-order valence-electron chi connectivity index (χ1n) is 8.21. The second kappa shape index (κ2) is 6.84. The lowest BCUT2D eigenvalue weighted by atomic mass is 10.1. The molecule has 1 aliphatic rings. The molecule has 0 saturated heterocycles. The van der Waals surface area contributed by atoms with Crippen LogP contribution in [-0.2, 0) is 6.42 Å². The summed E-state index contributed by atoms with van der Waals surface area (Å²) in [7, 11) is 0. The molecule has 0 radical (unpaired) electrons. The molecule has 0 saturated carbocycles. The molecular formula is C20H13FN4O2. The highest BCUT2D eigenvalue weighted by atomic mass is 19.1. The molecule has 0 amide bonds. The van der Waals surface area contributed by atoms with Crippen LogP contribution >= 0.6 is 0 Å². The lowest BCUT2D eigenvalue weighted by Gasteiger charge is -2.14. The fraction of sp³-hybridized carbons (Fsp3) is 0.100. The van der Waals surface area contributed by atoms with Gasteiger partial charge in [-0.3, -0.25) is 4.79 Å². The molecule has 0 aliphatic carbocycles. The molecule has 2 heterocycles. The highest BCUT2D eigenvalue weighted by molar-refractivity contribution is 5.91. The van der Waals surface area contributed by atoms with E-state index in [1.807, 2.05) is 36.4 Å². The van der Waals surface area contributed by atoms with E-state index in [0.29, 0.717) is 23.6 Å². The number of fused-ring (bicyclic) bond motifs is 1. The van der Waals surface area contributed by atoms with Crippen molar-refractivity contribution in [3.8, 4) is 23.2 Å². The van der Waals surface area contributed by atoms with Gasteiger partial charge in [0.25, 0.3) is 5.91 Å². The van der Waals surface area contributed by atoms with Crippen LogP contribution in [0.5, 0.6) is 5.75 Å². The van der Waals surface area contributed by atoms with Crippen LogP contribution < -0.4 is 4.74 Å². The van der Waals surface area contributed by atoms with Gasteiger partial charge in [-0.05, 0) is 17.7 Å². The standard InChI is InChI=1S/C20H13FN4O2/c21-16-6-13(11-22)7-17(10-16)27-12-14-8-18-23-20(15-4-2-1-3-5-15)24-25(18)19(26)9-14/h1-7,9-10H,8,12H2. The molecule has 4 rings (SSSR count). The van der Waals surface area contributed by atoms with E-state index in [1.165, 1.54) is 22.9 Å². The minimum absolute atomic E-state index is 0.0909. The van der Waals surface area contributed by atoms with E-state index >= 15 is 0 Å². The molecule has 27 heavy (non-hydrogen) atoms. The minimum Gasteiger partial charge on any atom is -0.489 e. The number of benzene rings is 2. The SMILES string of the molecule is N#Cc1cc(F)cc(OCC2=CC(=O)n3nc(-c4ccccc4)nc3C2)c1. The number of carbonyl (C=O) groups is 1. The number of nitriles is 1. The van der Waals surface area contributed by atoms with Gasteiger partial charge in [-0.15, -0.1) is 5.10 Å². The summed E-state index contributed by atoms with van der Waals surface area (Å²) in [5, 5.41) is 13.2. The average molecular weight is 360 g/mol. The summed E-state index contributed by atoms with van der Waals surface area (Å²) in [6.45, 7) is 0.0909. The number of allylic oxidation sites excluding steroid dienone is 1. The number of halogens is 1. The van der Waals surface area contributed by atoms with Gasteiger partial charge in [0.1, 0.15) is 24.0 Å². The zero-order chi connectivity index (χ0) is 18.8. The van der Waals surface area contributed by atoms with Gasteiger partial charge in [0, 0.05) is 24.1 Å². The number of hydrogen-bond donors (Lipinski definition) is 0. The van der Waals surface area contributed by atoms with Crippen LogP contribution in [0.3, 0.4) is 0 Å². The Balaban J connectivity index is 1.51. The van der Waals surface area contributed by atoms with Crippen molar-refractivity contribution in [1.82, 2.24) is 14.8 Å². The lowest BCUT2D eigenvalue weighted by Crippen LogP contribution is -2.21. The highest BCUT2D eigenvalue weighted by Crippen LogP contribution is 2.21. The van der Waals surface area contributed by atoms with Crippen LogP contribution in [0, 0.1) is 17.1 Å². The van der Waals surface area contributed by atoms with E-state index in [-0.39, 0.29) is 23.8 Å². The summed E-state index contributed by atoms with van der Waals surface area (Å²) >= 11 is 0. The third-order valence-electron chi connectivity index (χ3n) is 4.05. The van der Waals surface area contributed by atoms with E-state index in [9.17, 15) is 9.18 Å². The third-order valence-corrected chi connectivity index (χ3v) is 4.05. The van der Waals surface area contributed by atoms with Crippen molar-refractivity contribution in [3.63, 3.8) is 0 Å². The Morgan fingerprint density at radius 3 is 2.81 bits per heavy atom. The normalized spacial score (nSPS) is 12.9. The number of nitrogens with zero attached hydrogens (tertiary/aromatic N) is 4. The van der Waals surface area contributed by atoms with Crippen LogP contribution in [-0.4, -0.2) is 27.3 Å². The Bertz CT molecular complexity index is 1100. The summed E-state index contributed by atoms with van der Waals surface area (Å²) < 4.78 is 20.3. The smallest absolute Gasteiger partial charge is 0.272 e. The summed E-state index contributed by atoms with van der Waals surface area (Å²) in [4.78, 5) is 16.8. The van der Waals surface area contributed by atoms with Crippen LogP contribution in [0.15, 0.2) is 60.2 Å². The number of carbonyl (C=O) groups excluding carboxylic acids is 1. The molecule has 0 bridgehead atoms. The summed E-state index contributed by atoms with van der Waals surface area (Å²) in [6.07, 6.45) is 1.84. The average Bonchev–Trinajstić information content (AvgIpc) is 3.11. The Hall–Kier alpha value is -3.79. The highest BCUT2D eigenvalue weighted by Gasteiger charge is 2.22.